The van der Waals surface area contributed by atoms with Crippen LogP contribution in [-0.4, -0.2) is 44.4 Å². The highest BCUT2D eigenvalue weighted by molar-refractivity contribution is 5.84. The Morgan fingerprint density at radius 2 is 1.94 bits per heavy atom. The minimum absolute atomic E-state index is 0.273. The molecule has 5 heteroatoms. The third kappa shape index (κ3) is 6.05. The summed E-state index contributed by atoms with van der Waals surface area (Å²) in [5, 5.41) is 3.10. The second kappa shape index (κ2) is 8.50. The Morgan fingerprint density at radius 1 is 1.31 bits per heavy atom. The summed E-state index contributed by atoms with van der Waals surface area (Å²) in [6.45, 7) is 8.42. The van der Waals surface area contributed by atoms with Gasteiger partial charge in [-0.05, 0) is 26.8 Å². The molecule has 0 saturated carbocycles. The summed E-state index contributed by atoms with van der Waals surface area (Å²) >= 11 is 0. The maximum absolute atomic E-state index is 11.3. The molecular formula is C11H24N2O3. The molecule has 0 spiro atoms. The van der Waals surface area contributed by atoms with E-state index in [-0.39, 0.29) is 6.61 Å². The van der Waals surface area contributed by atoms with Gasteiger partial charge in [-0.25, -0.2) is 0 Å². The van der Waals surface area contributed by atoms with Crippen molar-refractivity contribution >= 4 is 5.91 Å². The number of nitrogens with one attached hydrogen (secondary N) is 1. The smallest absolute Gasteiger partial charge is 0.239 e. The monoisotopic (exact) mass is 232 g/mol. The van der Waals surface area contributed by atoms with Crippen LogP contribution in [0.2, 0.25) is 0 Å². The Labute approximate surface area is 97.7 Å². The van der Waals surface area contributed by atoms with Crippen LogP contribution in [0.25, 0.3) is 0 Å². The summed E-state index contributed by atoms with van der Waals surface area (Å²) in [6.07, 6.45) is 0.946. The van der Waals surface area contributed by atoms with Gasteiger partial charge in [-0.2, -0.15) is 0 Å². The lowest BCUT2D eigenvalue weighted by Crippen LogP contribution is -2.56. The van der Waals surface area contributed by atoms with E-state index in [0.29, 0.717) is 19.8 Å². The Balaban J connectivity index is 3.88. The van der Waals surface area contributed by atoms with Crippen LogP contribution in [0.4, 0.5) is 0 Å². The molecule has 0 aliphatic heterocycles. The predicted octanol–water partition coefficient (Wildman–Crippen LogP) is 0.283. The van der Waals surface area contributed by atoms with Gasteiger partial charge in [-0.3, -0.25) is 4.79 Å². The molecule has 0 aliphatic rings. The van der Waals surface area contributed by atoms with Gasteiger partial charge in [0.05, 0.1) is 19.8 Å². The number of primary amides is 1. The van der Waals surface area contributed by atoms with Crippen molar-refractivity contribution in [1.82, 2.24) is 5.32 Å². The molecule has 0 bridgehead atoms. The molecule has 1 amide bonds. The van der Waals surface area contributed by atoms with Crippen molar-refractivity contribution in [2.45, 2.75) is 32.7 Å². The quantitative estimate of drug-likeness (QED) is 0.531. The van der Waals surface area contributed by atoms with E-state index < -0.39 is 11.4 Å². The van der Waals surface area contributed by atoms with Crippen molar-refractivity contribution in [1.29, 1.82) is 0 Å². The van der Waals surface area contributed by atoms with E-state index in [1.165, 1.54) is 0 Å². The molecule has 0 radical (unpaired) electrons. The number of hydrogen-bond donors (Lipinski definition) is 2. The van der Waals surface area contributed by atoms with Crippen molar-refractivity contribution in [3.8, 4) is 0 Å². The number of carbonyl (C=O) groups excluding carboxylic acids is 1. The van der Waals surface area contributed by atoms with Crippen LogP contribution in [0, 0.1) is 0 Å². The number of nitrogens with two attached hydrogens (primary N) is 1. The van der Waals surface area contributed by atoms with Gasteiger partial charge in [-0.1, -0.05) is 6.92 Å². The van der Waals surface area contributed by atoms with E-state index in [4.69, 9.17) is 15.2 Å². The first-order valence-corrected chi connectivity index (χ1v) is 5.77. The van der Waals surface area contributed by atoms with Gasteiger partial charge in [0.15, 0.2) is 0 Å². The predicted molar refractivity (Wildman–Crippen MR) is 63.2 cm³/mol. The van der Waals surface area contributed by atoms with E-state index in [1.54, 1.807) is 6.92 Å². The molecule has 0 aliphatic carbocycles. The van der Waals surface area contributed by atoms with Crippen molar-refractivity contribution < 1.29 is 14.3 Å². The molecule has 96 valence electrons. The van der Waals surface area contributed by atoms with Gasteiger partial charge >= 0.3 is 0 Å². The lowest BCUT2D eigenvalue weighted by molar-refractivity contribution is -0.126. The number of ether oxygens (including phenoxy) is 2. The Bertz CT molecular complexity index is 200. The summed E-state index contributed by atoms with van der Waals surface area (Å²) in [7, 11) is 0. The van der Waals surface area contributed by atoms with Crippen molar-refractivity contribution in [3.63, 3.8) is 0 Å². The third-order valence-corrected chi connectivity index (χ3v) is 2.28. The molecule has 16 heavy (non-hydrogen) atoms. The fourth-order valence-corrected chi connectivity index (χ4v) is 1.15. The summed E-state index contributed by atoms with van der Waals surface area (Å²) in [6, 6.07) is 0. The normalized spacial score (nSPS) is 14.7. The molecule has 0 fully saturated rings. The fourth-order valence-electron chi connectivity index (χ4n) is 1.15. The zero-order chi connectivity index (χ0) is 12.4. The minimum Gasteiger partial charge on any atom is -0.379 e. The largest absolute Gasteiger partial charge is 0.379 e. The van der Waals surface area contributed by atoms with Crippen LogP contribution in [0.15, 0.2) is 0 Å². The second-order valence-electron chi connectivity index (χ2n) is 3.87. The van der Waals surface area contributed by atoms with Gasteiger partial charge in [0, 0.05) is 6.61 Å². The van der Waals surface area contributed by atoms with Gasteiger partial charge in [-0.15, -0.1) is 0 Å². The van der Waals surface area contributed by atoms with Gasteiger partial charge in [0.1, 0.15) is 5.54 Å². The molecule has 1 unspecified atom stereocenters. The van der Waals surface area contributed by atoms with Gasteiger partial charge < -0.3 is 20.5 Å². The van der Waals surface area contributed by atoms with Crippen LogP contribution < -0.4 is 11.1 Å². The highest BCUT2D eigenvalue weighted by atomic mass is 16.5. The molecular weight excluding hydrogens is 208 g/mol. The summed E-state index contributed by atoms with van der Waals surface area (Å²) < 4.78 is 10.5. The van der Waals surface area contributed by atoms with E-state index in [9.17, 15) is 4.79 Å². The first-order valence-electron chi connectivity index (χ1n) is 5.77. The average molecular weight is 232 g/mol. The average Bonchev–Trinajstić information content (AvgIpc) is 2.26. The molecule has 0 aromatic rings. The van der Waals surface area contributed by atoms with Gasteiger partial charge in [0.2, 0.25) is 5.91 Å². The number of rotatable bonds is 10. The Hall–Kier alpha value is -0.650. The molecule has 0 heterocycles. The lowest BCUT2D eigenvalue weighted by atomic mass is 10.0. The van der Waals surface area contributed by atoms with Crippen molar-refractivity contribution in [2.75, 3.05) is 33.0 Å². The van der Waals surface area contributed by atoms with E-state index >= 15 is 0 Å². The fraction of sp³-hybridized carbons (Fsp3) is 0.909. The van der Waals surface area contributed by atoms with Crippen LogP contribution in [0.1, 0.15) is 27.2 Å². The van der Waals surface area contributed by atoms with E-state index in [1.807, 2.05) is 13.8 Å². The number of carbonyl (C=O) groups is 1. The van der Waals surface area contributed by atoms with Gasteiger partial charge in [0.25, 0.3) is 0 Å². The van der Waals surface area contributed by atoms with Crippen LogP contribution in [0.3, 0.4) is 0 Å². The molecule has 0 rings (SSSR count). The van der Waals surface area contributed by atoms with Crippen LogP contribution >= 0.6 is 0 Å². The first-order chi connectivity index (χ1) is 7.56. The molecule has 0 aromatic heterocycles. The topological polar surface area (TPSA) is 73.6 Å². The van der Waals surface area contributed by atoms with Crippen LogP contribution in [0.5, 0.6) is 0 Å². The first kappa shape index (κ1) is 15.3. The SMILES string of the molecule is CCCNC(C)(COCCOCC)C(N)=O. The molecule has 0 aromatic carbocycles. The third-order valence-electron chi connectivity index (χ3n) is 2.28. The maximum atomic E-state index is 11.3. The Kier molecular flexibility index (Phi) is 8.15. The summed E-state index contributed by atoms with van der Waals surface area (Å²) in [5.41, 5.74) is 4.55. The zero-order valence-electron chi connectivity index (χ0n) is 10.5. The Morgan fingerprint density at radius 3 is 2.44 bits per heavy atom. The second-order valence-corrected chi connectivity index (χ2v) is 3.87. The standard InChI is InChI=1S/C11H24N2O3/c1-4-6-13-11(3,10(12)14)9-16-8-7-15-5-2/h13H,4-9H2,1-3H3,(H2,12,14). The maximum Gasteiger partial charge on any atom is 0.239 e. The zero-order valence-corrected chi connectivity index (χ0v) is 10.5. The molecule has 5 nitrogen and oxygen atoms in total. The number of hydrogen-bond acceptors (Lipinski definition) is 4. The molecule has 0 saturated heterocycles. The lowest BCUT2D eigenvalue weighted by Gasteiger charge is -2.27. The summed E-state index contributed by atoms with van der Waals surface area (Å²) in [4.78, 5) is 11.3. The van der Waals surface area contributed by atoms with Crippen LogP contribution in [-0.2, 0) is 14.3 Å². The van der Waals surface area contributed by atoms with Crippen molar-refractivity contribution in [2.24, 2.45) is 5.73 Å². The summed E-state index contributed by atoms with van der Waals surface area (Å²) in [5.74, 6) is -0.391. The number of amides is 1. The molecule has 1 atom stereocenters. The van der Waals surface area contributed by atoms with Crippen molar-refractivity contribution in [3.05, 3.63) is 0 Å². The molecule has 3 N–H and O–H groups in total. The van der Waals surface area contributed by atoms with E-state index in [2.05, 4.69) is 5.32 Å². The van der Waals surface area contributed by atoms with E-state index in [0.717, 1.165) is 13.0 Å². The minimum atomic E-state index is -0.789. The highest BCUT2D eigenvalue weighted by Gasteiger charge is 2.30. The highest BCUT2D eigenvalue weighted by Crippen LogP contribution is 2.03.